The molecule has 0 aliphatic carbocycles. The maximum Gasteiger partial charge on any atom is 0.243 e. The monoisotopic (exact) mass is 310 g/mol. The van der Waals surface area contributed by atoms with Crippen LogP contribution in [0.25, 0.3) is 0 Å². The highest BCUT2D eigenvalue weighted by molar-refractivity contribution is 7.89. The van der Waals surface area contributed by atoms with Gasteiger partial charge in [0.15, 0.2) is 0 Å². The van der Waals surface area contributed by atoms with Crippen LogP contribution in [0.1, 0.15) is 44.2 Å². The molecule has 2 aliphatic rings. The highest BCUT2D eigenvalue weighted by Crippen LogP contribution is 2.39. The predicted octanol–water partition coefficient (Wildman–Crippen LogP) is 1.38. The van der Waals surface area contributed by atoms with Crippen LogP contribution in [0, 0.1) is 0 Å². The third kappa shape index (κ3) is 2.61. The minimum absolute atomic E-state index is 0.0585. The van der Waals surface area contributed by atoms with Gasteiger partial charge < -0.3 is 10.8 Å². The number of rotatable bonds is 3. The number of aliphatic hydroxyl groups is 1. The fraction of sp³-hybridized carbons (Fsp3) is 0.600. The number of nitrogens with two attached hydrogens (primary N) is 1. The van der Waals surface area contributed by atoms with Crippen LogP contribution in [0.15, 0.2) is 29.2 Å². The molecule has 3 rings (SSSR count). The van der Waals surface area contributed by atoms with Crippen LogP contribution in [-0.2, 0) is 10.0 Å². The summed E-state index contributed by atoms with van der Waals surface area (Å²) in [6.45, 7) is 1.87. The van der Waals surface area contributed by atoms with E-state index in [4.69, 9.17) is 5.73 Å². The van der Waals surface area contributed by atoms with E-state index < -0.39 is 10.0 Å². The zero-order valence-electron chi connectivity index (χ0n) is 12.1. The van der Waals surface area contributed by atoms with Crippen LogP contribution in [-0.4, -0.2) is 36.0 Å². The Balaban J connectivity index is 1.90. The van der Waals surface area contributed by atoms with Gasteiger partial charge in [-0.2, -0.15) is 4.31 Å². The fourth-order valence-electron chi connectivity index (χ4n) is 3.56. The van der Waals surface area contributed by atoms with Crippen LogP contribution >= 0.6 is 0 Å². The normalized spacial score (nSPS) is 31.3. The second kappa shape index (κ2) is 5.35. The van der Waals surface area contributed by atoms with Crippen LogP contribution in [0.4, 0.5) is 0 Å². The van der Waals surface area contributed by atoms with E-state index in [1.807, 2.05) is 6.92 Å². The summed E-state index contributed by atoms with van der Waals surface area (Å²) in [7, 11) is -3.48. The second-order valence-electron chi connectivity index (χ2n) is 6.20. The van der Waals surface area contributed by atoms with E-state index in [-0.39, 0.29) is 24.2 Å². The number of nitrogens with zero attached hydrogens (tertiary/aromatic N) is 1. The van der Waals surface area contributed by atoms with Crippen LogP contribution in [0.2, 0.25) is 0 Å². The van der Waals surface area contributed by atoms with Crippen molar-refractivity contribution in [2.45, 2.75) is 61.7 Å². The van der Waals surface area contributed by atoms with Crippen LogP contribution < -0.4 is 5.73 Å². The largest absolute Gasteiger partial charge is 0.393 e. The first-order chi connectivity index (χ1) is 9.89. The summed E-state index contributed by atoms with van der Waals surface area (Å²) >= 11 is 0. The molecular formula is C15H22N2O3S. The van der Waals surface area contributed by atoms with Gasteiger partial charge in [-0.3, -0.25) is 0 Å². The third-order valence-electron chi connectivity index (χ3n) is 4.62. The molecule has 2 aliphatic heterocycles. The maximum atomic E-state index is 12.8. The van der Waals surface area contributed by atoms with Gasteiger partial charge in [0.2, 0.25) is 10.0 Å². The van der Waals surface area contributed by atoms with Crippen molar-refractivity contribution in [3.05, 3.63) is 29.8 Å². The number of hydrogen-bond acceptors (Lipinski definition) is 4. The third-order valence-corrected chi connectivity index (χ3v) is 6.64. The van der Waals surface area contributed by atoms with Crippen LogP contribution in [0.5, 0.6) is 0 Å². The van der Waals surface area contributed by atoms with Gasteiger partial charge >= 0.3 is 0 Å². The van der Waals surface area contributed by atoms with Crippen molar-refractivity contribution in [3.63, 3.8) is 0 Å². The lowest BCUT2D eigenvalue weighted by Gasteiger charge is -2.36. The Kier molecular flexibility index (Phi) is 3.81. The minimum Gasteiger partial charge on any atom is -0.393 e. The number of piperidine rings is 1. The fourth-order valence-corrected chi connectivity index (χ4v) is 5.45. The topological polar surface area (TPSA) is 83.6 Å². The van der Waals surface area contributed by atoms with Crippen molar-refractivity contribution in [1.82, 2.24) is 4.31 Å². The predicted molar refractivity (Wildman–Crippen MR) is 80.1 cm³/mol. The zero-order chi connectivity index (χ0) is 15.2. The molecule has 21 heavy (non-hydrogen) atoms. The second-order valence-corrected chi connectivity index (χ2v) is 8.05. The van der Waals surface area contributed by atoms with E-state index in [1.54, 1.807) is 28.6 Å². The number of sulfonamides is 1. The summed E-state index contributed by atoms with van der Waals surface area (Å²) in [5.74, 6) is 0. The van der Waals surface area contributed by atoms with Gasteiger partial charge in [-0.25, -0.2) is 8.42 Å². The molecule has 116 valence electrons. The number of hydrogen-bond donors (Lipinski definition) is 2. The first-order valence-corrected chi connectivity index (χ1v) is 8.90. The summed E-state index contributed by atoms with van der Waals surface area (Å²) in [6.07, 6.45) is 2.42. The SMILES string of the molecule is CC(N)c1ccc(S(=O)(=O)N2C3CCC2CC(O)C3)cc1. The zero-order valence-corrected chi connectivity index (χ0v) is 13.0. The molecule has 3 atom stereocenters. The van der Waals surface area contributed by atoms with Crippen molar-refractivity contribution in [3.8, 4) is 0 Å². The Morgan fingerprint density at radius 2 is 1.71 bits per heavy atom. The molecular weight excluding hydrogens is 288 g/mol. The van der Waals surface area contributed by atoms with E-state index in [0.29, 0.717) is 17.7 Å². The molecule has 2 heterocycles. The maximum absolute atomic E-state index is 12.8. The van der Waals surface area contributed by atoms with E-state index in [2.05, 4.69) is 0 Å². The summed E-state index contributed by atoms with van der Waals surface area (Å²) in [5.41, 5.74) is 6.72. The smallest absolute Gasteiger partial charge is 0.243 e. The van der Waals surface area contributed by atoms with Crippen LogP contribution in [0.3, 0.4) is 0 Å². The summed E-state index contributed by atoms with van der Waals surface area (Å²) in [6, 6.07) is 6.60. The van der Waals surface area contributed by atoms with E-state index in [1.165, 1.54) is 0 Å². The molecule has 0 radical (unpaired) electrons. The Bertz CT molecular complexity index is 598. The number of benzene rings is 1. The molecule has 2 bridgehead atoms. The van der Waals surface area contributed by atoms with Crippen molar-refractivity contribution >= 4 is 10.0 Å². The Hall–Kier alpha value is -0.950. The lowest BCUT2D eigenvalue weighted by atomic mass is 10.0. The van der Waals surface area contributed by atoms with Gasteiger partial charge in [-0.15, -0.1) is 0 Å². The average molecular weight is 310 g/mol. The van der Waals surface area contributed by atoms with E-state index >= 15 is 0 Å². The molecule has 0 aromatic heterocycles. The molecule has 0 saturated carbocycles. The van der Waals surface area contributed by atoms with Crippen molar-refractivity contribution in [1.29, 1.82) is 0 Å². The van der Waals surface area contributed by atoms with E-state index in [0.717, 1.165) is 18.4 Å². The first-order valence-electron chi connectivity index (χ1n) is 7.46. The molecule has 3 N–H and O–H groups in total. The van der Waals surface area contributed by atoms with Gasteiger partial charge in [0.25, 0.3) is 0 Å². The molecule has 3 unspecified atom stereocenters. The van der Waals surface area contributed by atoms with E-state index in [9.17, 15) is 13.5 Å². The van der Waals surface area contributed by atoms with Crippen molar-refractivity contribution in [2.24, 2.45) is 5.73 Å². The summed E-state index contributed by atoms with van der Waals surface area (Å²) in [5, 5.41) is 9.81. The van der Waals surface area contributed by atoms with Gasteiger partial charge in [0.05, 0.1) is 11.0 Å². The molecule has 2 saturated heterocycles. The molecule has 0 amide bonds. The highest BCUT2D eigenvalue weighted by atomic mass is 32.2. The molecule has 0 spiro atoms. The van der Waals surface area contributed by atoms with Gasteiger partial charge in [-0.1, -0.05) is 12.1 Å². The average Bonchev–Trinajstić information content (AvgIpc) is 2.72. The van der Waals surface area contributed by atoms with Crippen molar-refractivity contribution in [2.75, 3.05) is 0 Å². The minimum atomic E-state index is -3.48. The Labute approximate surface area is 125 Å². The molecule has 1 aromatic carbocycles. The standard InChI is InChI=1S/C15H22N2O3S/c1-10(16)11-2-6-15(7-3-11)21(19,20)17-12-4-5-13(17)9-14(18)8-12/h2-3,6-7,10,12-14,18H,4-5,8-9,16H2,1H3. The highest BCUT2D eigenvalue weighted by Gasteiger charge is 2.46. The molecule has 1 aromatic rings. The molecule has 6 heteroatoms. The van der Waals surface area contributed by atoms with Gasteiger partial charge in [-0.05, 0) is 50.3 Å². The molecule has 5 nitrogen and oxygen atoms in total. The Morgan fingerprint density at radius 1 is 1.19 bits per heavy atom. The number of fused-ring (bicyclic) bond motifs is 2. The first kappa shape index (κ1) is 15.0. The Morgan fingerprint density at radius 3 is 2.19 bits per heavy atom. The lowest BCUT2D eigenvalue weighted by Crippen LogP contribution is -2.47. The summed E-state index contributed by atoms with van der Waals surface area (Å²) in [4.78, 5) is 0.320. The lowest BCUT2D eigenvalue weighted by molar-refractivity contribution is 0.0769. The van der Waals surface area contributed by atoms with Gasteiger partial charge in [0, 0.05) is 18.1 Å². The number of aliphatic hydroxyl groups excluding tert-OH is 1. The molecule has 2 fully saturated rings. The quantitative estimate of drug-likeness (QED) is 0.883. The van der Waals surface area contributed by atoms with Gasteiger partial charge in [0.1, 0.15) is 0 Å². The summed E-state index contributed by atoms with van der Waals surface area (Å²) < 4.78 is 27.3. The van der Waals surface area contributed by atoms with Crippen molar-refractivity contribution < 1.29 is 13.5 Å².